The molecule has 2 unspecified atom stereocenters. The molecule has 0 aliphatic heterocycles. The summed E-state index contributed by atoms with van der Waals surface area (Å²) in [5.41, 5.74) is 0.126. The molecular weight excluding hydrogens is 254 g/mol. The van der Waals surface area contributed by atoms with Crippen LogP contribution in [0, 0.1) is 10.8 Å². The molecule has 0 heterocycles. The summed E-state index contributed by atoms with van der Waals surface area (Å²) in [6.07, 6.45) is -2.52. The fraction of sp³-hybridized carbons (Fsp3) is 0.667. The number of benzene rings is 1. The van der Waals surface area contributed by atoms with Crippen molar-refractivity contribution in [3.63, 3.8) is 0 Å². The van der Waals surface area contributed by atoms with E-state index in [0.29, 0.717) is 11.5 Å². The average Bonchev–Trinajstić information content (AvgIpc) is 2.35. The van der Waals surface area contributed by atoms with Gasteiger partial charge in [-0.2, -0.15) is 0 Å². The molecule has 20 heavy (non-hydrogen) atoms. The van der Waals surface area contributed by atoms with Crippen molar-refractivity contribution >= 4 is 0 Å². The summed E-state index contributed by atoms with van der Waals surface area (Å²) in [7, 11) is 0. The molecule has 1 aromatic rings. The van der Waals surface area contributed by atoms with Gasteiger partial charge in [0, 0.05) is 5.41 Å². The SMILES string of the molecule is CC(C)c1ccc(C(F)C(C)(C)C(F)C(C)(C)C)cc1. The van der Waals surface area contributed by atoms with Crippen molar-refractivity contribution in [2.75, 3.05) is 0 Å². The molecule has 0 N–H and O–H groups in total. The number of hydrogen-bond donors (Lipinski definition) is 0. The molecule has 114 valence electrons. The highest BCUT2D eigenvalue weighted by atomic mass is 19.1. The van der Waals surface area contributed by atoms with Crippen LogP contribution < -0.4 is 0 Å². The molecule has 0 nitrogen and oxygen atoms in total. The summed E-state index contributed by atoms with van der Waals surface area (Å²) in [5.74, 6) is 0.415. The third kappa shape index (κ3) is 3.59. The second-order valence-corrected chi connectivity index (χ2v) is 7.73. The maximum atomic E-state index is 14.8. The van der Waals surface area contributed by atoms with Gasteiger partial charge < -0.3 is 0 Å². The molecule has 1 aromatic carbocycles. The van der Waals surface area contributed by atoms with Gasteiger partial charge in [0.2, 0.25) is 0 Å². The molecule has 0 spiro atoms. The Morgan fingerprint density at radius 2 is 1.20 bits per heavy atom. The zero-order valence-corrected chi connectivity index (χ0v) is 13.8. The Morgan fingerprint density at radius 3 is 1.55 bits per heavy atom. The average molecular weight is 282 g/mol. The minimum absolute atomic E-state index is 0.415. The van der Waals surface area contributed by atoms with Crippen molar-refractivity contribution in [1.29, 1.82) is 0 Å². The Bertz CT molecular complexity index is 424. The molecule has 0 saturated carbocycles. The Balaban J connectivity index is 3.01. The molecule has 0 radical (unpaired) electrons. The third-order valence-electron chi connectivity index (χ3n) is 3.96. The lowest BCUT2D eigenvalue weighted by Crippen LogP contribution is -2.39. The maximum absolute atomic E-state index is 14.8. The quantitative estimate of drug-likeness (QED) is 0.614. The fourth-order valence-corrected chi connectivity index (χ4v) is 2.72. The van der Waals surface area contributed by atoms with E-state index in [1.54, 1.807) is 26.0 Å². The Hall–Kier alpha value is -0.920. The van der Waals surface area contributed by atoms with E-state index in [1.807, 2.05) is 32.9 Å². The van der Waals surface area contributed by atoms with Crippen LogP contribution in [-0.2, 0) is 0 Å². The van der Waals surface area contributed by atoms with Crippen LogP contribution in [0.25, 0.3) is 0 Å². The topological polar surface area (TPSA) is 0 Å². The van der Waals surface area contributed by atoms with Crippen molar-refractivity contribution in [2.45, 2.75) is 66.7 Å². The van der Waals surface area contributed by atoms with Gasteiger partial charge in [-0.1, -0.05) is 72.7 Å². The first-order valence-electron chi connectivity index (χ1n) is 7.36. The van der Waals surface area contributed by atoms with Crippen LogP contribution in [0.15, 0.2) is 24.3 Å². The van der Waals surface area contributed by atoms with Crippen molar-refractivity contribution in [3.8, 4) is 0 Å². The first-order valence-corrected chi connectivity index (χ1v) is 7.36. The molecule has 0 aliphatic rings. The van der Waals surface area contributed by atoms with Crippen LogP contribution in [0.1, 0.15) is 71.7 Å². The largest absolute Gasteiger partial charge is 0.246 e. The molecule has 2 heteroatoms. The second kappa shape index (κ2) is 5.83. The predicted octanol–water partition coefficient (Wildman–Crippen LogP) is 6.23. The number of rotatable bonds is 4. The third-order valence-corrected chi connectivity index (χ3v) is 3.96. The zero-order valence-electron chi connectivity index (χ0n) is 13.8. The normalized spacial score (nSPS) is 16.3. The zero-order chi connectivity index (χ0) is 15.7. The first-order chi connectivity index (χ1) is 8.98. The molecule has 2 atom stereocenters. The van der Waals surface area contributed by atoms with Gasteiger partial charge >= 0.3 is 0 Å². The lowest BCUT2D eigenvalue weighted by atomic mass is 9.70. The van der Waals surface area contributed by atoms with Gasteiger partial charge in [-0.05, 0) is 22.5 Å². The van der Waals surface area contributed by atoms with Crippen LogP contribution in [0.5, 0.6) is 0 Å². The lowest BCUT2D eigenvalue weighted by molar-refractivity contribution is -0.0164. The molecule has 0 saturated heterocycles. The fourth-order valence-electron chi connectivity index (χ4n) is 2.72. The van der Waals surface area contributed by atoms with Crippen LogP contribution in [0.3, 0.4) is 0 Å². The Kier molecular flexibility index (Phi) is 4.99. The van der Waals surface area contributed by atoms with E-state index < -0.39 is 23.2 Å². The lowest BCUT2D eigenvalue weighted by Gasteiger charge is -2.39. The van der Waals surface area contributed by atoms with Crippen LogP contribution in [0.4, 0.5) is 8.78 Å². The molecule has 0 amide bonds. The molecular formula is C18H28F2. The summed E-state index contributed by atoms with van der Waals surface area (Å²) in [6.45, 7) is 13.0. The highest BCUT2D eigenvalue weighted by Gasteiger charge is 2.44. The Labute approximate surface area is 122 Å². The predicted molar refractivity (Wildman–Crippen MR) is 82.5 cm³/mol. The molecule has 0 aliphatic carbocycles. The van der Waals surface area contributed by atoms with E-state index in [-0.39, 0.29) is 0 Å². The van der Waals surface area contributed by atoms with Gasteiger partial charge in [0.25, 0.3) is 0 Å². The van der Waals surface area contributed by atoms with E-state index in [1.165, 1.54) is 5.56 Å². The smallest absolute Gasteiger partial charge is 0.133 e. The van der Waals surface area contributed by atoms with Gasteiger partial charge in [0.05, 0.1) is 0 Å². The Morgan fingerprint density at radius 1 is 0.800 bits per heavy atom. The van der Waals surface area contributed by atoms with E-state index >= 15 is 0 Å². The van der Waals surface area contributed by atoms with Gasteiger partial charge in [0.15, 0.2) is 0 Å². The van der Waals surface area contributed by atoms with E-state index in [0.717, 1.165) is 0 Å². The van der Waals surface area contributed by atoms with Gasteiger partial charge in [-0.15, -0.1) is 0 Å². The summed E-state index contributed by atoms with van der Waals surface area (Å²) in [4.78, 5) is 0. The molecule has 0 aromatic heterocycles. The highest BCUT2D eigenvalue weighted by molar-refractivity contribution is 5.27. The van der Waals surface area contributed by atoms with Crippen molar-refractivity contribution in [2.24, 2.45) is 10.8 Å². The van der Waals surface area contributed by atoms with Crippen LogP contribution in [-0.4, -0.2) is 6.17 Å². The number of hydrogen-bond acceptors (Lipinski definition) is 0. The summed E-state index contributed by atoms with van der Waals surface area (Å²) >= 11 is 0. The van der Waals surface area contributed by atoms with E-state index in [9.17, 15) is 8.78 Å². The van der Waals surface area contributed by atoms with Gasteiger partial charge in [0.1, 0.15) is 12.3 Å². The molecule has 0 fully saturated rings. The maximum Gasteiger partial charge on any atom is 0.133 e. The van der Waals surface area contributed by atoms with Crippen LogP contribution >= 0.6 is 0 Å². The monoisotopic (exact) mass is 282 g/mol. The number of alkyl halides is 2. The van der Waals surface area contributed by atoms with Crippen molar-refractivity contribution in [3.05, 3.63) is 35.4 Å². The van der Waals surface area contributed by atoms with Crippen LogP contribution in [0.2, 0.25) is 0 Å². The second-order valence-electron chi connectivity index (χ2n) is 7.73. The summed E-state index contributed by atoms with van der Waals surface area (Å²) in [6, 6.07) is 7.45. The molecule has 0 bridgehead atoms. The summed E-state index contributed by atoms with van der Waals surface area (Å²) < 4.78 is 29.4. The van der Waals surface area contributed by atoms with Gasteiger partial charge in [-0.25, -0.2) is 8.78 Å². The highest BCUT2D eigenvalue weighted by Crippen LogP contribution is 2.46. The van der Waals surface area contributed by atoms with Crippen molar-refractivity contribution in [1.82, 2.24) is 0 Å². The van der Waals surface area contributed by atoms with E-state index in [2.05, 4.69) is 13.8 Å². The van der Waals surface area contributed by atoms with Crippen molar-refractivity contribution < 1.29 is 8.78 Å². The van der Waals surface area contributed by atoms with E-state index in [4.69, 9.17) is 0 Å². The first kappa shape index (κ1) is 17.1. The molecule has 1 rings (SSSR count). The minimum atomic E-state index is -1.31. The number of halogens is 2. The van der Waals surface area contributed by atoms with Gasteiger partial charge in [-0.3, -0.25) is 0 Å². The standard InChI is InChI=1S/C18H28F2/c1-12(2)13-8-10-14(11-9-13)15(19)18(6,7)16(20)17(3,4)5/h8-12,15-16H,1-7H3. The minimum Gasteiger partial charge on any atom is -0.246 e. The summed E-state index contributed by atoms with van der Waals surface area (Å²) in [5, 5.41) is 0.